The number of pyridine rings is 2. The van der Waals surface area contributed by atoms with E-state index in [0.717, 1.165) is 17.1 Å². The Morgan fingerprint density at radius 2 is 2.03 bits per heavy atom. The van der Waals surface area contributed by atoms with Gasteiger partial charge in [-0.1, -0.05) is 13.0 Å². The van der Waals surface area contributed by atoms with Crippen LogP contribution in [0.5, 0.6) is 0 Å². The lowest BCUT2D eigenvalue weighted by atomic mass is 10.1. The molecule has 5 rings (SSSR count). The van der Waals surface area contributed by atoms with Gasteiger partial charge in [-0.15, -0.1) is 10.2 Å². The summed E-state index contributed by atoms with van der Waals surface area (Å²) in [4.78, 5) is 39.6. The molecule has 2 amide bonds. The zero-order valence-corrected chi connectivity index (χ0v) is 22.2. The average Bonchev–Trinajstić information content (AvgIpc) is 3.49. The van der Waals surface area contributed by atoms with Gasteiger partial charge in [0.25, 0.3) is 5.91 Å². The Morgan fingerprint density at radius 3 is 2.74 bits per heavy atom. The molecule has 0 spiro atoms. The number of rotatable bonds is 7. The van der Waals surface area contributed by atoms with Crippen LogP contribution >= 0.6 is 0 Å². The van der Waals surface area contributed by atoms with Crippen LogP contribution in [0.2, 0.25) is 0 Å². The van der Waals surface area contributed by atoms with Crippen LogP contribution in [0.15, 0.2) is 24.3 Å². The number of carbonyl (C=O) groups is 2. The zero-order chi connectivity index (χ0) is 27.1. The van der Waals surface area contributed by atoms with Crippen LogP contribution in [-0.4, -0.2) is 73.5 Å². The normalized spacial score (nSPS) is 16.5. The second-order valence-corrected chi connectivity index (χ2v) is 9.96. The number of aromatic nitrogens is 5. The molecule has 3 aromatic rings. The van der Waals surface area contributed by atoms with Gasteiger partial charge in [-0.2, -0.15) is 0 Å². The smallest absolute Gasteiger partial charge is 0.407 e. The van der Waals surface area contributed by atoms with E-state index in [1.54, 1.807) is 17.0 Å². The highest BCUT2D eigenvalue weighted by atomic mass is 16.5. The Kier molecular flexibility index (Phi) is 6.74. The van der Waals surface area contributed by atoms with Crippen molar-refractivity contribution in [2.75, 3.05) is 30.5 Å². The third kappa shape index (κ3) is 4.44. The van der Waals surface area contributed by atoms with Gasteiger partial charge in [0.1, 0.15) is 23.9 Å². The molecule has 0 radical (unpaired) electrons. The molecule has 0 aromatic carbocycles. The highest BCUT2D eigenvalue weighted by Crippen LogP contribution is 2.34. The molecule has 0 bridgehead atoms. The second kappa shape index (κ2) is 10.0. The predicted molar refractivity (Wildman–Crippen MR) is 140 cm³/mol. The quantitative estimate of drug-likeness (QED) is 0.498. The predicted octanol–water partition coefficient (Wildman–Crippen LogP) is 3.33. The van der Waals surface area contributed by atoms with E-state index in [2.05, 4.69) is 21.7 Å². The first-order valence-electron chi connectivity index (χ1n) is 12.7. The number of carboxylic acid groups (broad SMARTS) is 1. The van der Waals surface area contributed by atoms with E-state index in [1.807, 2.05) is 37.9 Å². The van der Waals surface area contributed by atoms with Crippen molar-refractivity contribution in [1.82, 2.24) is 29.6 Å². The lowest BCUT2D eigenvalue weighted by molar-refractivity contribution is 0.0542. The zero-order valence-electron chi connectivity index (χ0n) is 22.2. The molecule has 0 fully saturated rings. The van der Waals surface area contributed by atoms with Crippen molar-refractivity contribution in [3.8, 4) is 11.5 Å². The van der Waals surface area contributed by atoms with Crippen molar-refractivity contribution in [3.05, 3.63) is 46.9 Å². The average molecular weight is 521 g/mol. The SMILES string of the molecule is CC[C@H]1COCc2nnc(-c3cccc(N4Cc5c(cc(N(C)C(C)C)nc5CN(C)C(=O)O)C4=O)n3)n21. The maximum Gasteiger partial charge on any atom is 0.407 e. The third-order valence-electron chi connectivity index (χ3n) is 7.22. The molecule has 0 unspecified atom stereocenters. The van der Waals surface area contributed by atoms with Crippen LogP contribution in [0.1, 0.15) is 60.7 Å². The molecule has 12 heteroatoms. The Balaban J connectivity index is 1.52. The molecule has 0 saturated carbocycles. The third-order valence-corrected chi connectivity index (χ3v) is 7.22. The summed E-state index contributed by atoms with van der Waals surface area (Å²) in [7, 11) is 3.39. The largest absolute Gasteiger partial charge is 0.465 e. The molecule has 0 aliphatic carbocycles. The minimum absolute atomic E-state index is 0.0678. The highest BCUT2D eigenvalue weighted by molar-refractivity contribution is 6.10. The molecule has 2 aliphatic heterocycles. The fourth-order valence-corrected chi connectivity index (χ4v) is 4.75. The van der Waals surface area contributed by atoms with Gasteiger partial charge in [0, 0.05) is 25.7 Å². The molecule has 5 heterocycles. The van der Waals surface area contributed by atoms with E-state index in [4.69, 9.17) is 14.7 Å². The van der Waals surface area contributed by atoms with Crippen LogP contribution in [0.25, 0.3) is 11.5 Å². The van der Waals surface area contributed by atoms with E-state index in [0.29, 0.717) is 53.2 Å². The van der Waals surface area contributed by atoms with Crippen LogP contribution < -0.4 is 9.80 Å². The summed E-state index contributed by atoms with van der Waals surface area (Å²) in [6.45, 7) is 7.45. The fraction of sp³-hybridized carbons (Fsp3) is 0.462. The van der Waals surface area contributed by atoms with Gasteiger partial charge in [-0.25, -0.2) is 14.8 Å². The lowest BCUT2D eigenvalue weighted by Crippen LogP contribution is -2.29. The van der Waals surface area contributed by atoms with Crippen LogP contribution in [0, 0.1) is 0 Å². The number of nitrogens with zero attached hydrogens (tertiary/aromatic N) is 8. The molecule has 1 atom stereocenters. The molecular weight excluding hydrogens is 488 g/mol. The number of fused-ring (bicyclic) bond motifs is 2. The maximum absolute atomic E-state index is 13.7. The van der Waals surface area contributed by atoms with Crippen molar-refractivity contribution < 1.29 is 19.4 Å². The second-order valence-electron chi connectivity index (χ2n) is 9.96. The molecular formula is C26H32N8O4. The minimum atomic E-state index is -1.06. The van der Waals surface area contributed by atoms with Gasteiger partial charge in [-0.05, 0) is 38.5 Å². The van der Waals surface area contributed by atoms with Crippen molar-refractivity contribution in [2.24, 2.45) is 0 Å². The minimum Gasteiger partial charge on any atom is -0.465 e. The molecule has 200 valence electrons. The van der Waals surface area contributed by atoms with E-state index >= 15 is 0 Å². The first-order valence-corrected chi connectivity index (χ1v) is 12.7. The monoisotopic (exact) mass is 520 g/mol. The van der Waals surface area contributed by atoms with Crippen LogP contribution in [-0.2, 0) is 24.4 Å². The Bertz CT molecular complexity index is 1390. The van der Waals surface area contributed by atoms with E-state index < -0.39 is 6.09 Å². The molecule has 2 aliphatic rings. The number of anilines is 2. The molecule has 3 aromatic heterocycles. The van der Waals surface area contributed by atoms with E-state index in [-0.39, 0.29) is 31.1 Å². The first kappa shape index (κ1) is 25.6. The Labute approximate surface area is 220 Å². The Morgan fingerprint density at radius 1 is 1.24 bits per heavy atom. The van der Waals surface area contributed by atoms with E-state index in [1.165, 1.54) is 7.05 Å². The van der Waals surface area contributed by atoms with Gasteiger partial charge >= 0.3 is 6.09 Å². The summed E-state index contributed by atoms with van der Waals surface area (Å²) in [6, 6.07) is 7.55. The van der Waals surface area contributed by atoms with Crippen LogP contribution in [0.4, 0.5) is 16.4 Å². The topological polar surface area (TPSA) is 130 Å². The number of hydrogen-bond donors (Lipinski definition) is 1. The highest BCUT2D eigenvalue weighted by Gasteiger charge is 2.34. The molecule has 12 nitrogen and oxygen atoms in total. The van der Waals surface area contributed by atoms with Crippen molar-refractivity contribution in [3.63, 3.8) is 0 Å². The summed E-state index contributed by atoms with van der Waals surface area (Å²) in [6.07, 6.45) is -0.197. The van der Waals surface area contributed by atoms with Crippen molar-refractivity contribution >= 4 is 23.6 Å². The van der Waals surface area contributed by atoms with E-state index in [9.17, 15) is 14.7 Å². The maximum atomic E-state index is 13.7. The van der Waals surface area contributed by atoms with Gasteiger partial charge in [0.2, 0.25) is 0 Å². The fourth-order valence-electron chi connectivity index (χ4n) is 4.75. The standard InChI is InChI=1S/C26H32N8O4/c1-6-16-13-38-14-23-29-30-24(34(16)23)19-8-7-9-21(27-19)33-11-18-17(25(33)35)10-22(32(5)15(2)3)28-20(18)12-31(4)26(36)37/h7-10,15-16H,6,11-14H2,1-5H3,(H,36,37)/t16-/m0/s1. The molecule has 0 saturated heterocycles. The van der Waals surface area contributed by atoms with Crippen molar-refractivity contribution in [1.29, 1.82) is 0 Å². The van der Waals surface area contributed by atoms with Gasteiger partial charge in [0.05, 0.1) is 37.0 Å². The number of carbonyl (C=O) groups excluding carboxylic acids is 1. The summed E-state index contributed by atoms with van der Waals surface area (Å²) >= 11 is 0. The summed E-state index contributed by atoms with van der Waals surface area (Å²) in [5, 5.41) is 18.2. The van der Waals surface area contributed by atoms with Gasteiger partial charge in [0.15, 0.2) is 11.6 Å². The summed E-state index contributed by atoms with van der Waals surface area (Å²) < 4.78 is 7.73. The molecule has 1 N–H and O–H groups in total. The van der Waals surface area contributed by atoms with Crippen LogP contribution in [0.3, 0.4) is 0 Å². The summed E-state index contributed by atoms with van der Waals surface area (Å²) in [5.74, 6) is 2.31. The Hall–Kier alpha value is -4.06. The number of ether oxygens (including phenoxy) is 1. The summed E-state index contributed by atoms with van der Waals surface area (Å²) in [5.41, 5.74) is 2.39. The lowest BCUT2D eigenvalue weighted by Gasteiger charge is -2.25. The van der Waals surface area contributed by atoms with Gasteiger partial charge in [-0.3, -0.25) is 9.69 Å². The first-order chi connectivity index (χ1) is 18.2. The molecule has 38 heavy (non-hydrogen) atoms. The number of amides is 2. The van der Waals surface area contributed by atoms with Crippen molar-refractivity contribution in [2.45, 2.75) is 59.0 Å². The number of hydrogen-bond acceptors (Lipinski definition) is 8. The van der Waals surface area contributed by atoms with Gasteiger partial charge < -0.3 is 24.2 Å².